The number of hydrogen-bond acceptors (Lipinski definition) is 3. The number of aldehydes is 1. The second-order valence-corrected chi connectivity index (χ2v) is 4.72. The minimum absolute atomic E-state index is 0.334. The molecule has 0 atom stereocenters. The fraction of sp³-hybridized carbons (Fsp3) is 0. The zero-order chi connectivity index (χ0) is 10.7. The molecule has 0 saturated heterocycles. The number of hydrogen-bond donors (Lipinski definition) is 0. The second kappa shape index (κ2) is 4.68. The number of carbonyl (C=O) groups excluding carboxylic acids is 1. The van der Waals surface area contributed by atoms with Crippen molar-refractivity contribution in [3.8, 4) is 0 Å². The van der Waals surface area contributed by atoms with E-state index in [1.54, 1.807) is 6.07 Å². The van der Waals surface area contributed by atoms with Crippen molar-refractivity contribution in [1.29, 1.82) is 0 Å². The van der Waals surface area contributed by atoms with Crippen LogP contribution in [-0.2, 0) is 0 Å². The van der Waals surface area contributed by atoms with Crippen LogP contribution in [0.1, 0.15) is 10.6 Å². The van der Waals surface area contributed by atoms with Gasteiger partial charge in [-0.3, -0.25) is 4.79 Å². The zero-order valence-corrected chi connectivity index (χ0v) is 10.0. The molecule has 0 fully saturated rings. The molecule has 76 valence electrons. The van der Waals surface area contributed by atoms with Gasteiger partial charge in [-0.25, -0.2) is 0 Å². The van der Waals surface area contributed by atoms with Crippen LogP contribution in [0.2, 0.25) is 0 Å². The van der Waals surface area contributed by atoms with Crippen molar-refractivity contribution >= 4 is 34.0 Å². The summed E-state index contributed by atoms with van der Waals surface area (Å²) in [6, 6.07) is 11.5. The van der Waals surface area contributed by atoms with Crippen LogP contribution >= 0.6 is 27.7 Å². The molecule has 1 aromatic carbocycles. The van der Waals surface area contributed by atoms with Crippen molar-refractivity contribution in [2.75, 3.05) is 0 Å². The summed E-state index contributed by atoms with van der Waals surface area (Å²) in [6.45, 7) is 0. The highest BCUT2D eigenvalue weighted by Crippen LogP contribution is 2.35. The molecule has 1 aromatic heterocycles. The standard InChI is InChI=1S/C11H7BrO2S/c12-10-6-8(7-13)14-11(10)15-9-4-2-1-3-5-9/h1-7H. The fourth-order valence-corrected chi connectivity index (χ4v) is 2.44. The molecule has 2 rings (SSSR count). The average Bonchev–Trinajstić information content (AvgIpc) is 2.61. The maximum Gasteiger partial charge on any atom is 0.185 e. The van der Waals surface area contributed by atoms with Gasteiger partial charge in [0.25, 0.3) is 0 Å². The smallest absolute Gasteiger partial charge is 0.185 e. The maximum absolute atomic E-state index is 10.5. The highest BCUT2D eigenvalue weighted by Gasteiger charge is 2.09. The molecule has 1 heterocycles. The van der Waals surface area contributed by atoms with Gasteiger partial charge in [0.05, 0.1) is 4.47 Å². The molecule has 0 aliphatic carbocycles. The molecule has 4 heteroatoms. The highest BCUT2D eigenvalue weighted by molar-refractivity contribution is 9.10. The Balaban J connectivity index is 2.24. The Morgan fingerprint density at radius 2 is 2.00 bits per heavy atom. The molecule has 0 saturated carbocycles. The van der Waals surface area contributed by atoms with Crippen molar-refractivity contribution in [3.05, 3.63) is 46.6 Å². The third kappa shape index (κ3) is 2.52. The molecule has 0 unspecified atom stereocenters. The topological polar surface area (TPSA) is 30.2 Å². The van der Waals surface area contributed by atoms with Gasteiger partial charge in [-0.05, 0) is 28.1 Å². The summed E-state index contributed by atoms with van der Waals surface area (Å²) in [5.74, 6) is 0.334. The molecule has 15 heavy (non-hydrogen) atoms. The van der Waals surface area contributed by atoms with Crippen LogP contribution in [-0.4, -0.2) is 6.29 Å². The van der Waals surface area contributed by atoms with E-state index in [4.69, 9.17) is 4.42 Å². The van der Waals surface area contributed by atoms with Gasteiger partial charge < -0.3 is 4.42 Å². The van der Waals surface area contributed by atoms with Crippen molar-refractivity contribution in [1.82, 2.24) is 0 Å². The summed E-state index contributed by atoms with van der Waals surface area (Å²) >= 11 is 4.82. The zero-order valence-electron chi connectivity index (χ0n) is 7.64. The Morgan fingerprint density at radius 1 is 1.27 bits per heavy atom. The van der Waals surface area contributed by atoms with E-state index in [2.05, 4.69) is 15.9 Å². The van der Waals surface area contributed by atoms with E-state index >= 15 is 0 Å². The van der Waals surface area contributed by atoms with Crippen LogP contribution in [0.25, 0.3) is 0 Å². The van der Waals surface area contributed by atoms with Crippen LogP contribution in [0, 0.1) is 0 Å². The van der Waals surface area contributed by atoms with Gasteiger partial charge in [0, 0.05) is 11.0 Å². The van der Waals surface area contributed by atoms with Crippen molar-refractivity contribution in [2.24, 2.45) is 0 Å². The number of carbonyl (C=O) groups is 1. The van der Waals surface area contributed by atoms with Gasteiger partial charge >= 0.3 is 0 Å². The van der Waals surface area contributed by atoms with Crippen molar-refractivity contribution in [3.63, 3.8) is 0 Å². The van der Waals surface area contributed by atoms with E-state index in [1.807, 2.05) is 30.3 Å². The van der Waals surface area contributed by atoms with Crippen LogP contribution in [0.4, 0.5) is 0 Å². The lowest BCUT2D eigenvalue weighted by Gasteiger charge is -1.97. The summed E-state index contributed by atoms with van der Waals surface area (Å²) in [6.07, 6.45) is 0.694. The van der Waals surface area contributed by atoms with Crippen LogP contribution < -0.4 is 0 Å². The Labute approximate surface area is 99.8 Å². The largest absolute Gasteiger partial charge is 0.445 e. The number of halogens is 1. The summed E-state index contributed by atoms with van der Waals surface area (Å²) in [7, 11) is 0. The lowest BCUT2D eigenvalue weighted by atomic mass is 10.4. The van der Waals surface area contributed by atoms with Crippen LogP contribution in [0.5, 0.6) is 0 Å². The Bertz CT molecular complexity index is 465. The summed E-state index contributed by atoms with van der Waals surface area (Å²) in [5.41, 5.74) is 0. The first-order valence-electron chi connectivity index (χ1n) is 4.27. The first-order chi connectivity index (χ1) is 7.29. The molecular formula is C11H7BrO2S. The van der Waals surface area contributed by atoms with E-state index in [1.165, 1.54) is 11.8 Å². The molecular weight excluding hydrogens is 276 g/mol. The predicted octanol–water partition coefficient (Wildman–Crippen LogP) is 4.01. The maximum atomic E-state index is 10.5. The van der Waals surface area contributed by atoms with E-state index in [9.17, 15) is 4.79 Å². The molecule has 0 amide bonds. The van der Waals surface area contributed by atoms with E-state index in [0.29, 0.717) is 17.1 Å². The molecule has 0 bridgehead atoms. The first-order valence-corrected chi connectivity index (χ1v) is 5.88. The third-order valence-electron chi connectivity index (χ3n) is 1.74. The van der Waals surface area contributed by atoms with Crippen LogP contribution in [0.15, 0.2) is 55.3 Å². The molecule has 0 N–H and O–H groups in total. The van der Waals surface area contributed by atoms with Crippen molar-refractivity contribution in [2.45, 2.75) is 9.99 Å². The molecule has 2 nitrogen and oxygen atoms in total. The highest BCUT2D eigenvalue weighted by atomic mass is 79.9. The lowest BCUT2D eigenvalue weighted by molar-refractivity contribution is 0.109. The Morgan fingerprint density at radius 3 is 2.60 bits per heavy atom. The average molecular weight is 283 g/mol. The molecule has 0 radical (unpaired) electrons. The van der Waals surface area contributed by atoms with E-state index < -0.39 is 0 Å². The molecule has 0 spiro atoms. The van der Waals surface area contributed by atoms with Gasteiger partial charge in [0.15, 0.2) is 17.1 Å². The molecule has 0 aliphatic rings. The minimum atomic E-state index is 0.334. The van der Waals surface area contributed by atoms with Gasteiger partial charge in [0.2, 0.25) is 0 Å². The van der Waals surface area contributed by atoms with Gasteiger partial charge in [-0.1, -0.05) is 30.0 Å². The molecule has 2 aromatic rings. The first kappa shape index (κ1) is 10.5. The Kier molecular flexibility index (Phi) is 3.28. The SMILES string of the molecule is O=Cc1cc(Br)c(Sc2ccccc2)o1. The summed E-state index contributed by atoms with van der Waals surface area (Å²) < 4.78 is 6.12. The molecule has 0 aliphatic heterocycles. The second-order valence-electron chi connectivity index (χ2n) is 2.82. The van der Waals surface area contributed by atoms with Crippen LogP contribution in [0.3, 0.4) is 0 Å². The summed E-state index contributed by atoms with van der Waals surface area (Å²) in [5, 5.41) is 0.698. The van der Waals surface area contributed by atoms with Crippen molar-refractivity contribution < 1.29 is 9.21 Å². The normalized spacial score (nSPS) is 10.2. The van der Waals surface area contributed by atoms with Gasteiger partial charge in [-0.15, -0.1) is 0 Å². The number of furan rings is 1. The lowest BCUT2D eigenvalue weighted by Crippen LogP contribution is -1.70. The quantitative estimate of drug-likeness (QED) is 0.797. The van der Waals surface area contributed by atoms with Gasteiger partial charge in [0.1, 0.15) is 0 Å². The predicted molar refractivity (Wildman–Crippen MR) is 62.4 cm³/mol. The monoisotopic (exact) mass is 282 g/mol. The number of benzene rings is 1. The Hall–Kier alpha value is -1.00. The fourth-order valence-electron chi connectivity index (χ4n) is 1.09. The van der Waals surface area contributed by atoms with E-state index in [-0.39, 0.29) is 0 Å². The van der Waals surface area contributed by atoms with Gasteiger partial charge in [-0.2, -0.15) is 0 Å². The van der Waals surface area contributed by atoms with E-state index in [0.717, 1.165) is 9.37 Å². The number of rotatable bonds is 3. The minimum Gasteiger partial charge on any atom is -0.445 e. The third-order valence-corrected chi connectivity index (χ3v) is 3.59. The summed E-state index contributed by atoms with van der Waals surface area (Å²) in [4.78, 5) is 11.6.